The molecule has 4 rings (SSSR count). The third-order valence-corrected chi connectivity index (χ3v) is 5.01. The van der Waals surface area contributed by atoms with Gasteiger partial charge in [0.2, 0.25) is 11.9 Å². The Bertz CT molecular complexity index is 1090. The van der Waals surface area contributed by atoms with Gasteiger partial charge in [0.25, 0.3) is 0 Å². The zero-order valence-corrected chi connectivity index (χ0v) is 17.2. The summed E-state index contributed by atoms with van der Waals surface area (Å²) >= 11 is 5.89. The molecule has 8 nitrogen and oxygen atoms in total. The lowest BCUT2D eigenvalue weighted by Gasteiger charge is -2.25. The van der Waals surface area contributed by atoms with Gasteiger partial charge >= 0.3 is 0 Å². The second-order valence-corrected chi connectivity index (χ2v) is 7.50. The number of nitrogens with zero attached hydrogens (tertiary/aromatic N) is 5. The molecule has 2 atom stereocenters. The summed E-state index contributed by atoms with van der Waals surface area (Å²) in [5.41, 5.74) is 1.28. The molecule has 3 heterocycles. The molecule has 0 saturated carbocycles. The number of allylic oxidation sites excluding steroid dienone is 1. The van der Waals surface area contributed by atoms with Crippen molar-refractivity contribution in [2.24, 2.45) is 0 Å². The van der Waals surface area contributed by atoms with E-state index in [9.17, 15) is 9.50 Å². The van der Waals surface area contributed by atoms with E-state index in [1.165, 1.54) is 6.07 Å². The van der Waals surface area contributed by atoms with E-state index in [0.717, 1.165) is 5.69 Å². The molecular formula is C20H21ClFN7O. The number of rotatable bonds is 5. The van der Waals surface area contributed by atoms with Crippen LogP contribution in [0.15, 0.2) is 30.3 Å². The molecule has 0 amide bonds. The lowest BCUT2D eigenvalue weighted by atomic mass is 10.0. The van der Waals surface area contributed by atoms with Crippen LogP contribution < -0.4 is 10.2 Å². The SMILES string of the molecule is C/C=C/c1cc(Nc2nc(C)nc(N3CC(O)CC3c3ccc(Cl)cc3F)n2)n[nH]1. The highest BCUT2D eigenvalue weighted by Crippen LogP contribution is 2.36. The number of benzene rings is 1. The summed E-state index contributed by atoms with van der Waals surface area (Å²) in [6, 6.07) is 5.94. The van der Waals surface area contributed by atoms with E-state index >= 15 is 0 Å². The summed E-state index contributed by atoms with van der Waals surface area (Å²) < 4.78 is 14.6. The number of aryl methyl sites for hydroxylation is 1. The van der Waals surface area contributed by atoms with Gasteiger partial charge in [-0.3, -0.25) is 5.10 Å². The molecule has 1 aliphatic heterocycles. The molecule has 0 spiro atoms. The van der Waals surface area contributed by atoms with Crippen LogP contribution in [-0.2, 0) is 0 Å². The third-order valence-electron chi connectivity index (χ3n) is 4.78. The second-order valence-electron chi connectivity index (χ2n) is 7.06. The van der Waals surface area contributed by atoms with Gasteiger partial charge in [0.15, 0.2) is 5.82 Å². The third kappa shape index (κ3) is 4.27. The molecule has 1 aliphatic rings. The van der Waals surface area contributed by atoms with E-state index in [1.807, 2.05) is 25.1 Å². The molecule has 2 unspecified atom stereocenters. The van der Waals surface area contributed by atoms with Crippen LogP contribution in [0.3, 0.4) is 0 Å². The van der Waals surface area contributed by atoms with Crippen LogP contribution in [0.2, 0.25) is 5.02 Å². The van der Waals surface area contributed by atoms with E-state index in [0.29, 0.717) is 40.5 Å². The van der Waals surface area contributed by atoms with E-state index in [4.69, 9.17) is 11.6 Å². The molecule has 3 aromatic rings. The first kappa shape index (κ1) is 20.2. The summed E-state index contributed by atoms with van der Waals surface area (Å²) in [5.74, 6) is 1.28. The summed E-state index contributed by atoms with van der Waals surface area (Å²) in [4.78, 5) is 15.0. The first-order valence-corrected chi connectivity index (χ1v) is 9.88. The molecule has 10 heteroatoms. The number of anilines is 3. The topological polar surface area (TPSA) is 103 Å². The fourth-order valence-electron chi connectivity index (χ4n) is 3.53. The lowest BCUT2D eigenvalue weighted by molar-refractivity contribution is 0.194. The van der Waals surface area contributed by atoms with Gasteiger partial charge < -0.3 is 15.3 Å². The van der Waals surface area contributed by atoms with Crippen LogP contribution in [0.4, 0.5) is 22.1 Å². The number of hydrogen-bond donors (Lipinski definition) is 3. The average molecular weight is 430 g/mol. The monoisotopic (exact) mass is 429 g/mol. The Morgan fingerprint density at radius 2 is 2.13 bits per heavy atom. The highest BCUT2D eigenvalue weighted by molar-refractivity contribution is 6.30. The predicted molar refractivity (Wildman–Crippen MR) is 113 cm³/mol. The van der Waals surface area contributed by atoms with Crippen molar-refractivity contribution in [3.8, 4) is 0 Å². The molecule has 2 aromatic heterocycles. The maximum absolute atomic E-state index is 14.6. The van der Waals surface area contributed by atoms with Crippen molar-refractivity contribution in [3.05, 3.63) is 58.3 Å². The van der Waals surface area contributed by atoms with Crippen molar-refractivity contribution in [3.63, 3.8) is 0 Å². The quantitative estimate of drug-likeness (QED) is 0.567. The van der Waals surface area contributed by atoms with Crippen LogP contribution in [0, 0.1) is 12.7 Å². The van der Waals surface area contributed by atoms with Crippen molar-refractivity contribution in [2.75, 3.05) is 16.8 Å². The fourth-order valence-corrected chi connectivity index (χ4v) is 3.69. The summed E-state index contributed by atoms with van der Waals surface area (Å²) in [7, 11) is 0. The molecule has 0 bridgehead atoms. The lowest BCUT2D eigenvalue weighted by Crippen LogP contribution is -2.27. The maximum Gasteiger partial charge on any atom is 0.233 e. The average Bonchev–Trinajstić information content (AvgIpc) is 3.28. The Kier molecular flexibility index (Phi) is 5.65. The van der Waals surface area contributed by atoms with Crippen molar-refractivity contribution in [1.29, 1.82) is 0 Å². The van der Waals surface area contributed by atoms with Gasteiger partial charge in [0.1, 0.15) is 11.6 Å². The molecular weight excluding hydrogens is 409 g/mol. The van der Waals surface area contributed by atoms with E-state index < -0.39 is 18.0 Å². The van der Waals surface area contributed by atoms with Gasteiger partial charge in [-0.1, -0.05) is 23.7 Å². The summed E-state index contributed by atoms with van der Waals surface area (Å²) in [5, 5.41) is 20.7. The largest absolute Gasteiger partial charge is 0.391 e. The molecule has 0 radical (unpaired) electrons. The van der Waals surface area contributed by atoms with Crippen LogP contribution in [0.5, 0.6) is 0 Å². The van der Waals surface area contributed by atoms with Crippen molar-refractivity contribution < 1.29 is 9.50 Å². The van der Waals surface area contributed by atoms with Crippen LogP contribution >= 0.6 is 11.6 Å². The minimum Gasteiger partial charge on any atom is -0.391 e. The molecule has 3 N–H and O–H groups in total. The van der Waals surface area contributed by atoms with E-state index in [2.05, 4.69) is 30.5 Å². The summed E-state index contributed by atoms with van der Waals surface area (Å²) in [6.07, 6.45) is 3.52. The Morgan fingerprint density at radius 3 is 2.90 bits per heavy atom. The highest BCUT2D eigenvalue weighted by atomic mass is 35.5. The Hall–Kier alpha value is -3.04. The van der Waals surface area contributed by atoms with Crippen LogP contribution in [0.25, 0.3) is 6.08 Å². The number of aliphatic hydroxyl groups is 1. The van der Waals surface area contributed by atoms with Crippen LogP contribution in [-0.4, -0.2) is 42.9 Å². The molecule has 1 saturated heterocycles. The fraction of sp³-hybridized carbons (Fsp3) is 0.300. The van der Waals surface area contributed by atoms with E-state index in [1.54, 1.807) is 24.0 Å². The number of hydrogen-bond acceptors (Lipinski definition) is 7. The molecule has 156 valence electrons. The van der Waals surface area contributed by atoms with Gasteiger partial charge in [0.05, 0.1) is 17.8 Å². The van der Waals surface area contributed by atoms with Gasteiger partial charge in [-0.2, -0.15) is 20.1 Å². The number of aromatic amines is 1. The number of aromatic nitrogens is 5. The smallest absolute Gasteiger partial charge is 0.233 e. The zero-order valence-electron chi connectivity index (χ0n) is 16.5. The number of H-pyrrole nitrogens is 1. The number of nitrogens with one attached hydrogen (secondary N) is 2. The van der Waals surface area contributed by atoms with Gasteiger partial charge in [-0.15, -0.1) is 0 Å². The molecule has 1 aromatic carbocycles. The molecule has 1 fully saturated rings. The number of halogens is 2. The normalized spacial score (nSPS) is 19.0. The van der Waals surface area contributed by atoms with Crippen molar-refractivity contribution >= 4 is 35.4 Å². The molecule has 0 aliphatic carbocycles. The Morgan fingerprint density at radius 1 is 1.30 bits per heavy atom. The Balaban J connectivity index is 1.64. The predicted octanol–water partition coefficient (Wildman–Crippen LogP) is 3.78. The maximum atomic E-state index is 14.6. The second kappa shape index (κ2) is 8.37. The molecule has 30 heavy (non-hydrogen) atoms. The van der Waals surface area contributed by atoms with Gasteiger partial charge in [-0.25, -0.2) is 4.39 Å². The Labute approximate surface area is 177 Å². The first-order chi connectivity index (χ1) is 14.4. The van der Waals surface area contributed by atoms with E-state index in [-0.39, 0.29) is 6.54 Å². The highest BCUT2D eigenvalue weighted by Gasteiger charge is 2.35. The zero-order chi connectivity index (χ0) is 21.3. The van der Waals surface area contributed by atoms with Gasteiger partial charge in [0, 0.05) is 23.2 Å². The van der Waals surface area contributed by atoms with Crippen molar-refractivity contribution in [2.45, 2.75) is 32.4 Å². The summed E-state index contributed by atoms with van der Waals surface area (Å²) in [6.45, 7) is 3.94. The standard InChI is InChI=1S/C20H21ClFN7O/c1-3-4-13-8-18(28-27-13)25-19-23-11(2)24-20(26-19)29-10-14(30)9-17(29)15-6-5-12(21)7-16(15)22/h3-8,14,17,30H,9-10H2,1-2H3,(H2,23,24,25,26,27,28)/b4-3+. The number of β-amino-alcohol motifs (C(OH)–C–C–N with tert-alkyl or cyclic N) is 1. The minimum atomic E-state index is -0.631. The minimum absolute atomic E-state index is 0.281. The van der Waals surface area contributed by atoms with Crippen molar-refractivity contribution in [1.82, 2.24) is 25.1 Å². The van der Waals surface area contributed by atoms with Crippen LogP contribution in [0.1, 0.15) is 36.5 Å². The first-order valence-electron chi connectivity index (χ1n) is 9.50. The van der Waals surface area contributed by atoms with Gasteiger partial charge in [-0.05, 0) is 38.5 Å². The number of aliphatic hydroxyl groups excluding tert-OH is 1.